The van der Waals surface area contributed by atoms with Crippen LogP contribution in [-0.4, -0.2) is 70.2 Å². The summed E-state index contributed by atoms with van der Waals surface area (Å²) in [5.41, 5.74) is 14.7. The van der Waals surface area contributed by atoms with E-state index in [1.807, 2.05) is 60.7 Å². The van der Waals surface area contributed by atoms with Crippen molar-refractivity contribution in [1.82, 2.24) is 21.3 Å². The zero-order chi connectivity index (χ0) is 39.4. The second kappa shape index (κ2) is 19.4. The molecule has 4 aromatic carbocycles. The fourth-order valence-corrected chi connectivity index (χ4v) is 6.06. The van der Waals surface area contributed by atoms with Gasteiger partial charge in [0.05, 0.1) is 12.1 Å². The lowest BCUT2D eigenvalue weighted by Gasteiger charge is -2.35. The molecule has 4 aromatic rings. The average molecular weight is 737 g/mol. The van der Waals surface area contributed by atoms with Gasteiger partial charge in [-0.3, -0.25) is 19.2 Å². The van der Waals surface area contributed by atoms with Crippen LogP contribution in [0.25, 0.3) is 0 Å². The first-order valence-corrected chi connectivity index (χ1v) is 18.1. The maximum atomic E-state index is 13.9. The van der Waals surface area contributed by atoms with E-state index in [4.69, 9.17) is 11.5 Å². The SMILES string of the molecule is CC(C)[C@H](NC(=O)c1ccc(N)cc1)C(=O)NC(Cc1ccccc1)C(O)[C@@H](O)[C@@H](Cc1ccccc1)NC(=O)[C@H](NC(=O)c1ccc(N)cc1)C(C)C. The van der Waals surface area contributed by atoms with Gasteiger partial charge in [-0.05, 0) is 84.3 Å². The number of anilines is 2. The second-order valence-electron chi connectivity index (χ2n) is 14.2. The molecule has 0 heterocycles. The highest BCUT2D eigenvalue weighted by Crippen LogP contribution is 2.17. The quantitative estimate of drug-likeness (QED) is 0.0753. The predicted octanol–water partition coefficient (Wildman–Crippen LogP) is 3.24. The molecule has 0 aliphatic heterocycles. The molecule has 0 bridgehead atoms. The van der Waals surface area contributed by atoms with Gasteiger partial charge in [0.1, 0.15) is 24.3 Å². The fraction of sp³-hybridized carbons (Fsp3) is 0.333. The van der Waals surface area contributed by atoms with Crippen LogP contribution in [-0.2, 0) is 22.4 Å². The molecule has 12 heteroatoms. The lowest BCUT2D eigenvalue weighted by Crippen LogP contribution is -2.61. The summed E-state index contributed by atoms with van der Waals surface area (Å²) in [7, 11) is 0. The van der Waals surface area contributed by atoms with Crippen molar-refractivity contribution in [2.75, 3.05) is 11.5 Å². The van der Waals surface area contributed by atoms with Crippen molar-refractivity contribution in [3.63, 3.8) is 0 Å². The van der Waals surface area contributed by atoms with Crippen molar-refractivity contribution in [3.05, 3.63) is 131 Å². The zero-order valence-electron chi connectivity index (χ0n) is 31.1. The third kappa shape index (κ3) is 11.6. The van der Waals surface area contributed by atoms with E-state index < -0.39 is 60.0 Å². The molecular formula is C42H52N6O6. The topological polar surface area (TPSA) is 209 Å². The monoisotopic (exact) mass is 736 g/mol. The van der Waals surface area contributed by atoms with Crippen molar-refractivity contribution in [2.24, 2.45) is 11.8 Å². The molecular weight excluding hydrogens is 684 g/mol. The number of nitrogen functional groups attached to an aromatic ring is 2. The van der Waals surface area contributed by atoms with E-state index in [1.54, 1.807) is 76.2 Å². The summed E-state index contributed by atoms with van der Waals surface area (Å²) in [5, 5.41) is 35.2. The van der Waals surface area contributed by atoms with Crippen LogP contribution in [0.4, 0.5) is 11.4 Å². The average Bonchev–Trinajstić information content (AvgIpc) is 3.15. The number of hydrogen-bond acceptors (Lipinski definition) is 8. The Labute approximate surface area is 316 Å². The summed E-state index contributed by atoms with van der Waals surface area (Å²) >= 11 is 0. The molecule has 286 valence electrons. The van der Waals surface area contributed by atoms with Crippen LogP contribution < -0.4 is 32.7 Å². The maximum Gasteiger partial charge on any atom is 0.251 e. The third-order valence-electron chi connectivity index (χ3n) is 9.24. The molecule has 0 aromatic heterocycles. The van der Waals surface area contributed by atoms with E-state index >= 15 is 0 Å². The second-order valence-corrected chi connectivity index (χ2v) is 14.2. The van der Waals surface area contributed by atoms with Gasteiger partial charge in [-0.25, -0.2) is 0 Å². The van der Waals surface area contributed by atoms with Gasteiger partial charge in [0.15, 0.2) is 0 Å². The highest BCUT2D eigenvalue weighted by molar-refractivity contribution is 5.98. The number of rotatable bonds is 17. The van der Waals surface area contributed by atoms with Gasteiger partial charge in [0.25, 0.3) is 11.8 Å². The van der Waals surface area contributed by atoms with Crippen molar-refractivity contribution in [3.8, 4) is 0 Å². The van der Waals surface area contributed by atoms with Gasteiger partial charge in [0, 0.05) is 22.5 Å². The molecule has 0 aliphatic rings. The first-order valence-electron chi connectivity index (χ1n) is 18.1. The molecule has 54 heavy (non-hydrogen) atoms. The number of aliphatic hydroxyl groups is 2. The number of amides is 4. The van der Waals surface area contributed by atoms with Gasteiger partial charge < -0.3 is 42.9 Å². The molecule has 12 nitrogen and oxygen atoms in total. The lowest BCUT2D eigenvalue weighted by molar-refractivity contribution is -0.129. The molecule has 0 saturated heterocycles. The summed E-state index contributed by atoms with van der Waals surface area (Å²) in [6.45, 7) is 7.14. The standard InChI is InChI=1S/C42H52N6O6/c1-25(2)35(47-39(51)29-15-19-31(43)20-16-29)41(53)45-33(23-27-11-7-5-8-12-27)37(49)38(50)34(24-28-13-9-6-10-14-28)46-42(54)36(26(3)4)48-40(52)30-17-21-32(44)22-18-30/h5-22,25-26,33-38,49-50H,23-24,43-44H2,1-4H3,(H,45,53)(H,46,54)(H,47,51)(H,48,52)/t33-,34?,35-,36+,37+,38?/m1/s1. The highest BCUT2D eigenvalue weighted by Gasteiger charge is 2.37. The van der Waals surface area contributed by atoms with Crippen LogP contribution in [0, 0.1) is 11.8 Å². The fourth-order valence-electron chi connectivity index (χ4n) is 6.06. The maximum absolute atomic E-state index is 13.9. The summed E-state index contributed by atoms with van der Waals surface area (Å²) < 4.78 is 0. The third-order valence-corrected chi connectivity index (χ3v) is 9.24. The van der Waals surface area contributed by atoms with Gasteiger partial charge in [-0.2, -0.15) is 0 Å². The van der Waals surface area contributed by atoms with E-state index in [1.165, 1.54) is 0 Å². The normalized spacial score (nSPS) is 14.6. The Morgan fingerprint density at radius 1 is 0.500 bits per heavy atom. The Morgan fingerprint density at radius 3 is 1.11 bits per heavy atom. The molecule has 10 N–H and O–H groups in total. The molecule has 0 spiro atoms. The molecule has 4 rings (SSSR count). The minimum Gasteiger partial charge on any atom is -0.399 e. The van der Waals surface area contributed by atoms with Crippen molar-refractivity contribution in [2.45, 2.75) is 76.9 Å². The van der Waals surface area contributed by atoms with Crippen molar-refractivity contribution in [1.29, 1.82) is 0 Å². The molecule has 6 atom stereocenters. The zero-order valence-corrected chi connectivity index (χ0v) is 31.1. The number of aliphatic hydroxyl groups excluding tert-OH is 2. The van der Waals surface area contributed by atoms with E-state index in [0.717, 1.165) is 11.1 Å². The smallest absolute Gasteiger partial charge is 0.251 e. The van der Waals surface area contributed by atoms with Gasteiger partial charge in [0.2, 0.25) is 11.8 Å². The Hall–Kier alpha value is -5.72. The Kier molecular flexibility index (Phi) is 14.7. The number of carbonyl (C=O) groups excluding carboxylic acids is 4. The number of hydrogen-bond donors (Lipinski definition) is 8. The van der Waals surface area contributed by atoms with Crippen LogP contribution in [0.15, 0.2) is 109 Å². The van der Waals surface area contributed by atoms with E-state index in [2.05, 4.69) is 21.3 Å². The summed E-state index contributed by atoms with van der Waals surface area (Å²) in [4.78, 5) is 54.1. The minimum atomic E-state index is -1.59. The first kappa shape index (κ1) is 41.0. The lowest BCUT2D eigenvalue weighted by atomic mass is 9.90. The van der Waals surface area contributed by atoms with Gasteiger partial charge in [-0.1, -0.05) is 88.4 Å². The Balaban J connectivity index is 1.60. The predicted molar refractivity (Wildman–Crippen MR) is 210 cm³/mol. The summed E-state index contributed by atoms with van der Waals surface area (Å²) in [6, 6.07) is 26.8. The first-order chi connectivity index (χ1) is 25.7. The van der Waals surface area contributed by atoms with Crippen LogP contribution in [0.5, 0.6) is 0 Å². The molecule has 2 unspecified atom stereocenters. The molecule has 0 aliphatic carbocycles. The highest BCUT2D eigenvalue weighted by atomic mass is 16.3. The summed E-state index contributed by atoms with van der Waals surface area (Å²) in [5.74, 6) is -2.76. The number of carbonyl (C=O) groups is 4. The van der Waals surface area contributed by atoms with Crippen LogP contribution in [0.1, 0.15) is 59.5 Å². The number of nitrogens with two attached hydrogens (primary N) is 2. The molecule has 4 amide bonds. The van der Waals surface area contributed by atoms with E-state index in [9.17, 15) is 29.4 Å². The van der Waals surface area contributed by atoms with E-state index in [0.29, 0.717) is 22.5 Å². The molecule has 0 saturated carbocycles. The van der Waals surface area contributed by atoms with Crippen LogP contribution in [0.2, 0.25) is 0 Å². The largest absolute Gasteiger partial charge is 0.399 e. The van der Waals surface area contributed by atoms with Gasteiger partial charge in [-0.15, -0.1) is 0 Å². The number of benzene rings is 4. The molecule has 0 fully saturated rings. The number of nitrogens with one attached hydrogen (secondary N) is 4. The van der Waals surface area contributed by atoms with Crippen molar-refractivity contribution < 1.29 is 29.4 Å². The Bertz CT molecular complexity index is 1690. The van der Waals surface area contributed by atoms with Crippen LogP contribution >= 0.6 is 0 Å². The van der Waals surface area contributed by atoms with Crippen LogP contribution in [0.3, 0.4) is 0 Å². The molecule has 0 radical (unpaired) electrons. The van der Waals surface area contributed by atoms with Gasteiger partial charge >= 0.3 is 0 Å². The Morgan fingerprint density at radius 2 is 0.815 bits per heavy atom. The van der Waals surface area contributed by atoms with E-state index in [-0.39, 0.29) is 24.7 Å². The minimum absolute atomic E-state index is 0.125. The van der Waals surface area contributed by atoms with Crippen molar-refractivity contribution >= 4 is 35.0 Å². The summed E-state index contributed by atoms with van der Waals surface area (Å²) in [6.07, 6.45) is -2.93.